The van der Waals surface area contributed by atoms with Crippen LogP contribution in [-0.2, 0) is 4.79 Å². The van der Waals surface area contributed by atoms with Gasteiger partial charge >= 0.3 is 0 Å². The molecule has 1 aromatic rings. The minimum absolute atomic E-state index is 0.360. The first kappa shape index (κ1) is 13.8. The van der Waals surface area contributed by atoms with Gasteiger partial charge in [0.05, 0.1) is 11.3 Å². The molecule has 0 radical (unpaired) electrons. The van der Waals surface area contributed by atoms with Gasteiger partial charge < -0.3 is 4.90 Å². The number of carbonyl (C=O) groups excluding carboxylic acids is 2. The second-order valence-corrected chi connectivity index (χ2v) is 5.07. The molecule has 0 aromatic heterocycles. The van der Waals surface area contributed by atoms with Gasteiger partial charge in [-0.1, -0.05) is 51.2 Å². The second-order valence-electron chi connectivity index (χ2n) is 5.07. The predicted molar refractivity (Wildman–Crippen MR) is 76.5 cm³/mol. The second kappa shape index (κ2) is 6.50. The first-order chi connectivity index (χ1) is 9.25. The lowest BCUT2D eigenvalue weighted by Gasteiger charge is -2.16. The molecule has 19 heavy (non-hydrogen) atoms. The number of hydrogen-bond donors (Lipinski definition) is 0. The number of ketones is 1. The maximum Gasteiger partial charge on any atom is 0.299 e. The highest BCUT2D eigenvalue weighted by atomic mass is 16.2. The number of fused-ring (bicyclic) bond motifs is 1. The standard InChI is InChI=1S/C16H21NO2/c1-2-3-4-5-6-9-12-17-14-11-8-7-10-13(14)15(18)16(17)19/h7-8,10-11H,2-6,9,12H2,1H3. The van der Waals surface area contributed by atoms with Gasteiger partial charge in [0, 0.05) is 6.54 Å². The Bertz CT molecular complexity index is 468. The van der Waals surface area contributed by atoms with Crippen molar-refractivity contribution in [2.45, 2.75) is 45.4 Å². The highest BCUT2D eigenvalue weighted by molar-refractivity contribution is 6.52. The van der Waals surface area contributed by atoms with Crippen LogP contribution in [0.25, 0.3) is 0 Å². The molecular weight excluding hydrogens is 238 g/mol. The Kier molecular flexibility index (Phi) is 4.72. The van der Waals surface area contributed by atoms with Crippen LogP contribution in [0.2, 0.25) is 0 Å². The Morgan fingerprint density at radius 2 is 1.63 bits per heavy atom. The number of amides is 1. The van der Waals surface area contributed by atoms with Crippen molar-refractivity contribution in [3.8, 4) is 0 Å². The van der Waals surface area contributed by atoms with Gasteiger partial charge in [-0.05, 0) is 18.6 Å². The molecule has 0 saturated heterocycles. The summed E-state index contributed by atoms with van der Waals surface area (Å²) in [6, 6.07) is 7.27. The van der Waals surface area contributed by atoms with Crippen LogP contribution in [0.15, 0.2) is 24.3 Å². The molecule has 0 saturated carbocycles. The lowest BCUT2D eigenvalue weighted by molar-refractivity contribution is -0.114. The van der Waals surface area contributed by atoms with E-state index in [9.17, 15) is 9.59 Å². The summed E-state index contributed by atoms with van der Waals surface area (Å²) in [7, 11) is 0. The number of benzene rings is 1. The molecule has 0 unspecified atom stereocenters. The number of para-hydroxylation sites is 1. The molecule has 1 aliphatic heterocycles. The number of rotatable bonds is 7. The molecule has 0 aliphatic carbocycles. The van der Waals surface area contributed by atoms with Gasteiger partial charge in [0.1, 0.15) is 0 Å². The van der Waals surface area contributed by atoms with Gasteiger partial charge in [-0.3, -0.25) is 9.59 Å². The molecule has 0 fully saturated rings. The summed E-state index contributed by atoms with van der Waals surface area (Å²) < 4.78 is 0. The molecule has 1 aromatic carbocycles. The quantitative estimate of drug-likeness (QED) is 0.554. The molecular formula is C16H21NO2. The number of nitrogens with zero attached hydrogens (tertiary/aromatic N) is 1. The van der Waals surface area contributed by atoms with E-state index in [4.69, 9.17) is 0 Å². The van der Waals surface area contributed by atoms with Crippen molar-refractivity contribution in [3.63, 3.8) is 0 Å². The van der Waals surface area contributed by atoms with Crippen molar-refractivity contribution in [1.82, 2.24) is 0 Å². The fourth-order valence-electron chi connectivity index (χ4n) is 2.52. The fraction of sp³-hybridized carbons (Fsp3) is 0.500. The Morgan fingerprint density at radius 1 is 0.947 bits per heavy atom. The zero-order valence-electron chi connectivity index (χ0n) is 11.5. The van der Waals surface area contributed by atoms with Crippen LogP contribution in [0, 0.1) is 0 Å². The van der Waals surface area contributed by atoms with Crippen LogP contribution < -0.4 is 4.90 Å². The van der Waals surface area contributed by atoms with E-state index < -0.39 is 0 Å². The molecule has 3 heteroatoms. The maximum atomic E-state index is 11.9. The van der Waals surface area contributed by atoms with Gasteiger partial charge in [0.25, 0.3) is 11.7 Å². The summed E-state index contributed by atoms with van der Waals surface area (Å²) in [6.45, 7) is 2.86. The number of unbranched alkanes of at least 4 members (excludes halogenated alkanes) is 5. The zero-order chi connectivity index (χ0) is 13.7. The molecule has 0 atom stereocenters. The summed E-state index contributed by atoms with van der Waals surface area (Å²) in [4.78, 5) is 25.3. The molecule has 0 spiro atoms. The average molecular weight is 259 g/mol. The number of carbonyl (C=O) groups is 2. The van der Waals surface area contributed by atoms with E-state index in [1.54, 1.807) is 17.0 Å². The normalized spacial score (nSPS) is 14.1. The smallest absolute Gasteiger partial charge is 0.299 e. The van der Waals surface area contributed by atoms with E-state index in [0.29, 0.717) is 12.1 Å². The Morgan fingerprint density at radius 3 is 2.42 bits per heavy atom. The molecule has 2 rings (SSSR count). The van der Waals surface area contributed by atoms with Crippen molar-refractivity contribution in [1.29, 1.82) is 0 Å². The van der Waals surface area contributed by atoms with Crippen molar-refractivity contribution in [3.05, 3.63) is 29.8 Å². The highest BCUT2D eigenvalue weighted by Crippen LogP contribution is 2.28. The highest BCUT2D eigenvalue weighted by Gasteiger charge is 2.34. The van der Waals surface area contributed by atoms with Crippen LogP contribution >= 0.6 is 0 Å². The van der Waals surface area contributed by atoms with Gasteiger partial charge in [0.15, 0.2) is 0 Å². The van der Waals surface area contributed by atoms with Gasteiger partial charge in [-0.2, -0.15) is 0 Å². The Hall–Kier alpha value is -1.64. The van der Waals surface area contributed by atoms with Crippen LogP contribution in [0.4, 0.5) is 5.69 Å². The van der Waals surface area contributed by atoms with Crippen molar-refractivity contribution < 1.29 is 9.59 Å². The fourth-order valence-corrected chi connectivity index (χ4v) is 2.52. The van der Waals surface area contributed by atoms with E-state index in [-0.39, 0.29) is 11.7 Å². The average Bonchev–Trinajstić information content (AvgIpc) is 2.68. The molecule has 1 amide bonds. The Labute approximate surface area is 114 Å². The van der Waals surface area contributed by atoms with Gasteiger partial charge in [0.2, 0.25) is 0 Å². The van der Waals surface area contributed by atoms with Crippen LogP contribution in [0.5, 0.6) is 0 Å². The molecule has 3 nitrogen and oxygen atoms in total. The first-order valence-electron chi connectivity index (χ1n) is 7.21. The molecule has 0 bridgehead atoms. The van der Waals surface area contributed by atoms with Crippen LogP contribution in [-0.4, -0.2) is 18.2 Å². The minimum Gasteiger partial charge on any atom is -0.305 e. The predicted octanol–water partition coefficient (Wildman–Crippen LogP) is 3.58. The van der Waals surface area contributed by atoms with Gasteiger partial charge in [-0.25, -0.2) is 0 Å². The van der Waals surface area contributed by atoms with E-state index in [1.165, 1.54) is 25.7 Å². The first-order valence-corrected chi connectivity index (χ1v) is 7.21. The lowest BCUT2D eigenvalue weighted by Crippen LogP contribution is -2.30. The van der Waals surface area contributed by atoms with E-state index in [2.05, 4.69) is 6.92 Å². The third-order valence-corrected chi connectivity index (χ3v) is 3.61. The summed E-state index contributed by atoms with van der Waals surface area (Å²) >= 11 is 0. The molecule has 1 heterocycles. The number of hydrogen-bond acceptors (Lipinski definition) is 2. The molecule has 102 valence electrons. The SMILES string of the molecule is CCCCCCCCN1C(=O)C(=O)c2ccccc21. The maximum absolute atomic E-state index is 11.9. The monoisotopic (exact) mass is 259 g/mol. The van der Waals surface area contributed by atoms with Crippen molar-refractivity contribution in [2.75, 3.05) is 11.4 Å². The van der Waals surface area contributed by atoms with E-state index >= 15 is 0 Å². The summed E-state index contributed by atoms with van der Waals surface area (Å²) in [6.07, 6.45) is 7.10. The summed E-state index contributed by atoms with van der Waals surface area (Å²) in [5.74, 6) is -0.726. The zero-order valence-corrected chi connectivity index (χ0v) is 11.5. The lowest BCUT2D eigenvalue weighted by atomic mass is 10.1. The molecule has 0 N–H and O–H groups in total. The summed E-state index contributed by atoms with van der Waals surface area (Å²) in [5.41, 5.74) is 1.34. The van der Waals surface area contributed by atoms with Crippen LogP contribution in [0.3, 0.4) is 0 Å². The molecule has 1 aliphatic rings. The van der Waals surface area contributed by atoms with Crippen molar-refractivity contribution in [2.24, 2.45) is 0 Å². The minimum atomic E-state index is -0.366. The largest absolute Gasteiger partial charge is 0.305 e. The van der Waals surface area contributed by atoms with Crippen molar-refractivity contribution >= 4 is 17.4 Å². The van der Waals surface area contributed by atoms with Crippen LogP contribution in [0.1, 0.15) is 55.8 Å². The topological polar surface area (TPSA) is 37.4 Å². The Balaban J connectivity index is 1.87. The van der Waals surface area contributed by atoms with E-state index in [1.807, 2.05) is 12.1 Å². The third kappa shape index (κ3) is 3.03. The number of Topliss-reactive ketones (excluding diaryl/α,β-unsaturated/α-hetero) is 1. The van der Waals surface area contributed by atoms with E-state index in [0.717, 1.165) is 18.5 Å². The number of anilines is 1. The van der Waals surface area contributed by atoms with Gasteiger partial charge in [-0.15, -0.1) is 0 Å². The third-order valence-electron chi connectivity index (χ3n) is 3.61. The summed E-state index contributed by atoms with van der Waals surface area (Å²) in [5, 5.41) is 0.